The van der Waals surface area contributed by atoms with Gasteiger partial charge in [-0.2, -0.15) is 0 Å². The highest BCUT2D eigenvalue weighted by Gasteiger charge is 2.19. The van der Waals surface area contributed by atoms with Crippen LogP contribution in [0.15, 0.2) is 77.7 Å². The van der Waals surface area contributed by atoms with Gasteiger partial charge in [0.2, 0.25) is 0 Å². The molecule has 0 spiro atoms. The van der Waals surface area contributed by atoms with Crippen LogP contribution >= 0.6 is 11.6 Å². The summed E-state index contributed by atoms with van der Waals surface area (Å²) in [5.41, 5.74) is 2.57. The van der Waals surface area contributed by atoms with Crippen LogP contribution in [0.3, 0.4) is 0 Å². The summed E-state index contributed by atoms with van der Waals surface area (Å²) in [6.07, 6.45) is 0.790. The van der Waals surface area contributed by atoms with Gasteiger partial charge in [0.15, 0.2) is 0 Å². The van der Waals surface area contributed by atoms with Gasteiger partial charge >= 0.3 is 0 Å². The molecule has 0 aliphatic carbocycles. The minimum Gasteiger partial charge on any atom is -0.345 e. The second-order valence-corrected chi connectivity index (χ2v) is 10.3. The molecule has 0 aromatic heterocycles. The average Bonchev–Trinajstić information content (AvgIpc) is 2.75. The normalized spacial score (nSPS) is 12.4. The van der Waals surface area contributed by atoms with Gasteiger partial charge < -0.3 is 5.32 Å². The first-order valence-corrected chi connectivity index (χ1v) is 12.3. The fourth-order valence-electron chi connectivity index (χ4n) is 3.34. The van der Waals surface area contributed by atoms with Crippen molar-refractivity contribution >= 4 is 33.2 Å². The topological polar surface area (TPSA) is 75.3 Å². The van der Waals surface area contributed by atoms with Crippen molar-refractivity contribution in [2.75, 3.05) is 4.72 Å². The number of hydrogen-bond donors (Lipinski definition) is 2. The second kappa shape index (κ2) is 10.2. The quantitative estimate of drug-likeness (QED) is 0.426. The van der Waals surface area contributed by atoms with Gasteiger partial charge in [-0.3, -0.25) is 9.52 Å². The number of carbonyl (C=O) groups is 1. The van der Waals surface area contributed by atoms with Crippen molar-refractivity contribution in [1.29, 1.82) is 0 Å². The molecule has 7 heteroatoms. The number of rotatable bonds is 8. The number of sulfonamides is 1. The minimum absolute atomic E-state index is 0.137. The third-order valence-electron chi connectivity index (χ3n) is 5.02. The third-order valence-corrected chi connectivity index (χ3v) is 6.72. The summed E-state index contributed by atoms with van der Waals surface area (Å²) in [6.45, 7) is 6.09. The lowest BCUT2D eigenvalue weighted by Gasteiger charge is -2.21. The van der Waals surface area contributed by atoms with E-state index in [2.05, 4.69) is 23.9 Å². The van der Waals surface area contributed by atoms with Crippen LogP contribution < -0.4 is 10.0 Å². The molecule has 1 amide bonds. The molecule has 3 aromatic rings. The molecule has 0 fully saturated rings. The lowest BCUT2D eigenvalue weighted by atomic mass is 9.96. The summed E-state index contributed by atoms with van der Waals surface area (Å²) >= 11 is 6.32. The smallest absolute Gasteiger partial charge is 0.261 e. The molecule has 2 N–H and O–H groups in total. The SMILES string of the molecule is Cc1ccc(S(=O)(=O)Nc2ccc(C(=O)NC(CC(C)C)c3ccccc3)cc2Cl)cc1. The van der Waals surface area contributed by atoms with E-state index in [4.69, 9.17) is 11.6 Å². The number of aryl methyl sites for hydroxylation is 1. The molecule has 0 aliphatic rings. The highest BCUT2D eigenvalue weighted by Crippen LogP contribution is 2.27. The maximum Gasteiger partial charge on any atom is 0.261 e. The molecule has 5 nitrogen and oxygen atoms in total. The molecular formula is C25H27ClN2O3S. The van der Waals surface area contributed by atoms with E-state index in [0.29, 0.717) is 11.5 Å². The molecule has 0 saturated heterocycles. The summed E-state index contributed by atoms with van der Waals surface area (Å²) in [4.78, 5) is 13.0. The van der Waals surface area contributed by atoms with Crippen LogP contribution in [0, 0.1) is 12.8 Å². The Kier molecular flexibility index (Phi) is 7.59. The van der Waals surface area contributed by atoms with E-state index in [1.165, 1.54) is 24.3 Å². The number of carbonyl (C=O) groups excluding carboxylic acids is 1. The van der Waals surface area contributed by atoms with Gasteiger partial charge in [-0.15, -0.1) is 0 Å². The summed E-state index contributed by atoms with van der Waals surface area (Å²) in [7, 11) is -3.79. The maximum absolute atomic E-state index is 12.9. The third kappa shape index (κ3) is 6.11. The van der Waals surface area contributed by atoms with Gasteiger partial charge in [0, 0.05) is 5.56 Å². The van der Waals surface area contributed by atoms with Crippen molar-refractivity contribution < 1.29 is 13.2 Å². The largest absolute Gasteiger partial charge is 0.345 e. The maximum atomic E-state index is 12.9. The molecule has 1 atom stereocenters. The van der Waals surface area contributed by atoms with Gasteiger partial charge in [0.1, 0.15) is 0 Å². The molecule has 0 heterocycles. The van der Waals surface area contributed by atoms with Gasteiger partial charge in [0.25, 0.3) is 15.9 Å². The zero-order valence-electron chi connectivity index (χ0n) is 18.3. The van der Waals surface area contributed by atoms with Crippen molar-refractivity contribution in [2.24, 2.45) is 5.92 Å². The first kappa shape index (κ1) is 23.8. The van der Waals surface area contributed by atoms with Crippen LogP contribution in [0.2, 0.25) is 5.02 Å². The molecule has 3 aromatic carbocycles. The van der Waals surface area contributed by atoms with Gasteiger partial charge in [0.05, 0.1) is 21.6 Å². The zero-order valence-corrected chi connectivity index (χ0v) is 19.9. The summed E-state index contributed by atoms with van der Waals surface area (Å²) in [5.74, 6) is 0.122. The molecule has 0 aliphatic heterocycles. The van der Waals surface area contributed by atoms with Gasteiger partial charge in [-0.25, -0.2) is 8.42 Å². The summed E-state index contributed by atoms with van der Waals surface area (Å²) < 4.78 is 27.8. The lowest BCUT2D eigenvalue weighted by Crippen LogP contribution is -2.29. The van der Waals surface area contributed by atoms with Crippen molar-refractivity contribution in [3.8, 4) is 0 Å². The van der Waals surface area contributed by atoms with Crippen LogP contribution in [0.25, 0.3) is 0 Å². The molecule has 32 heavy (non-hydrogen) atoms. The van der Waals surface area contributed by atoms with E-state index in [1.807, 2.05) is 37.3 Å². The fraction of sp³-hybridized carbons (Fsp3) is 0.240. The van der Waals surface area contributed by atoms with Crippen molar-refractivity contribution in [2.45, 2.75) is 38.1 Å². The average molecular weight is 471 g/mol. The van der Waals surface area contributed by atoms with E-state index in [0.717, 1.165) is 17.5 Å². The van der Waals surface area contributed by atoms with Crippen LogP contribution in [-0.2, 0) is 10.0 Å². The van der Waals surface area contributed by atoms with E-state index in [1.54, 1.807) is 18.2 Å². The molecule has 0 radical (unpaired) electrons. The van der Waals surface area contributed by atoms with Gasteiger partial charge in [-0.1, -0.05) is 73.5 Å². The van der Waals surface area contributed by atoms with Gasteiger partial charge in [-0.05, 0) is 55.2 Å². The molecular weight excluding hydrogens is 444 g/mol. The predicted octanol–water partition coefficient (Wildman–Crippen LogP) is 5.97. The van der Waals surface area contributed by atoms with E-state index in [-0.39, 0.29) is 27.6 Å². The molecule has 0 bridgehead atoms. The van der Waals surface area contributed by atoms with Crippen molar-refractivity contribution in [3.05, 3.63) is 94.5 Å². The molecule has 168 valence electrons. The molecule has 3 rings (SSSR count). The van der Waals surface area contributed by atoms with Crippen LogP contribution in [0.5, 0.6) is 0 Å². The van der Waals surface area contributed by atoms with E-state index >= 15 is 0 Å². The zero-order chi connectivity index (χ0) is 23.3. The Morgan fingerprint density at radius 1 is 0.969 bits per heavy atom. The number of hydrogen-bond acceptors (Lipinski definition) is 3. The highest BCUT2D eigenvalue weighted by molar-refractivity contribution is 7.92. The number of anilines is 1. The Bertz CT molecular complexity index is 1180. The van der Waals surface area contributed by atoms with Crippen LogP contribution in [0.1, 0.15) is 47.8 Å². The van der Waals surface area contributed by atoms with Crippen LogP contribution in [0.4, 0.5) is 5.69 Å². The number of amides is 1. The Morgan fingerprint density at radius 2 is 1.62 bits per heavy atom. The van der Waals surface area contributed by atoms with Crippen molar-refractivity contribution in [1.82, 2.24) is 5.32 Å². The Hall–Kier alpha value is -2.83. The first-order valence-electron chi connectivity index (χ1n) is 10.4. The Balaban J connectivity index is 1.77. The fourth-order valence-corrected chi connectivity index (χ4v) is 4.70. The number of benzene rings is 3. The molecule has 0 saturated carbocycles. The van der Waals surface area contributed by atoms with Crippen molar-refractivity contribution in [3.63, 3.8) is 0 Å². The van der Waals surface area contributed by atoms with E-state index in [9.17, 15) is 13.2 Å². The lowest BCUT2D eigenvalue weighted by molar-refractivity contribution is 0.0932. The van der Waals surface area contributed by atoms with Crippen LogP contribution in [-0.4, -0.2) is 14.3 Å². The van der Waals surface area contributed by atoms with E-state index < -0.39 is 10.0 Å². The summed E-state index contributed by atoms with van der Waals surface area (Å²) in [6, 6.07) is 20.7. The monoisotopic (exact) mass is 470 g/mol. The standard InChI is InChI=1S/C25H27ClN2O3S/c1-17(2)15-24(19-7-5-4-6-8-19)27-25(29)20-11-14-23(22(26)16-20)28-32(30,31)21-12-9-18(3)10-13-21/h4-14,16-17,24,28H,15H2,1-3H3,(H,27,29). The number of halogens is 1. The Labute approximate surface area is 194 Å². The summed E-state index contributed by atoms with van der Waals surface area (Å²) in [5, 5.41) is 3.22. The number of nitrogens with one attached hydrogen (secondary N) is 2. The minimum atomic E-state index is -3.79. The highest BCUT2D eigenvalue weighted by atomic mass is 35.5. The Morgan fingerprint density at radius 3 is 2.22 bits per heavy atom. The second-order valence-electron chi connectivity index (χ2n) is 8.18. The first-order chi connectivity index (χ1) is 15.2. The predicted molar refractivity (Wildman–Crippen MR) is 130 cm³/mol. The molecule has 1 unspecified atom stereocenters.